The molecular formula is C6H10N2O4. The molecule has 1 N–H and O–H groups in total. The number of ketones is 1. The zero-order valence-electron chi connectivity index (χ0n) is 6.70. The molecule has 0 aliphatic carbocycles. The molecule has 0 aliphatic heterocycles. The molecule has 0 rings (SSSR count). The molecule has 0 aromatic rings. The van der Waals surface area contributed by atoms with Crippen LogP contribution in [-0.2, 0) is 14.4 Å². The standard InChI is InChI=1S/C6H10N2O4/c1-5(9)6(10)7-3-2-4-12-8-11/h2-4H2,1H3,(H,7,10). The van der Waals surface area contributed by atoms with Gasteiger partial charge in [-0.25, -0.2) is 0 Å². The van der Waals surface area contributed by atoms with Gasteiger partial charge in [0.1, 0.15) is 6.61 Å². The van der Waals surface area contributed by atoms with E-state index in [0.29, 0.717) is 13.0 Å². The number of nitrogens with zero attached hydrogens (tertiary/aromatic N) is 1. The molecule has 0 saturated heterocycles. The van der Waals surface area contributed by atoms with Crippen molar-refractivity contribution in [1.82, 2.24) is 5.32 Å². The molecule has 0 spiro atoms. The number of carbonyl (C=O) groups excluding carboxylic acids is 2. The van der Waals surface area contributed by atoms with E-state index in [1.807, 2.05) is 0 Å². The number of hydrogen-bond acceptors (Lipinski definition) is 5. The van der Waals surface area contributed by atoms with Crippen molar-refractivity contribution in [1.29, 1.82) is 0 Å². The Morgan fingerprint density at radius 3 is 2.67 bits per heavy atom. The first-order chi connectivity index (χ1) is 5.68. The quantitative estimate of drug-likeness (QED) is 0.261. The van der Waals surface area contributed by atoms with Gasteiger partial charge >= 0.3 is 0 Å². The molecular weight excluding hydrogens is 164 g/mol. The fourth-order valence-corrected chi connectivity index (χ4v) is 0.500. The average Bonchev–Trinajstić information content (AvgIpc) is 2.03. The highest BCUT2D eigenvalue weighted by Crippen LogP contribution is 1.80. The van der Waals surface area contributed by atoms with Crippen molar-refractivity contribution >= 4 is 11.7 Å². The predicted molar refractivity (Wildman–Crippen MR) is 40.1 cm³/mol. The first kappa shape index (κ1) is 10.5. The smallest absolute Gasteiger partial charge is 0.287 e. The fraction of sp³-hybridized carbons (Fsp3) is 0.667. The summed E-state index contributed by atoms with van der Waals surface area (Å²) < 4.78 is 0. The molecule has 6 heteroatoms. The number of rotatable bonds is 6. The molecule has 0 unspecified atom stereocenters. The summed E-state index contributed by atoms with van der Waals surface area (Å²) >= 11 is 0. The van der Waals surface area contributed by atoms with Crippen LogP contribution in [0.15, 0.2) is 5.34 Å². The summed E-state index contributed by atoms with van der Waals surface area (Å²) in [6, 6.07) is 0. The van der Waals surface area contributed by atoms with Crippen molar-refractivity contribution in [3.05, 3.63) is 4.91 Å². The van der Waals surface area contributed by atoms with E-state index in [1.165, 1.54) is 6.92 Å². The molecule has 12 heavy (non-hydrogen) atoms. The molecule has 0 aromatic heterocycles. The molecule has 1 amide bonds. The monoisotopic (exact) mass is 174 g/mol. The first-order valence-electron chi connectivity index (χ1n) is 3.42. The van der Waals surface area contributed by atoms with Crippen LogP contribution in [-0.4, -0.2) is 24.8 Å². The van der Waals surface area contributed by atoms with Gasteiger partial charge in [0.05, 0.1) is 0 Å². The Kier molecular flexibility index (Phi) is 5.50. The van der Waals surface area contributed by atoms with Crippen LogP contribution >= 0.6 is 0 Å². The Morgan fingerprint density at radius 1 is 1.50 bits per heavy atom. The van der Waals surface area contributed by atoms with Crippen molar-refractivity contribution in [3.63, 3.8) is 0 Å². The van der Waals surface area contributed by atoms with Crippen LogP contribution in [0.3, 0.4) is 0 Å². The SMILES string of the molecule is CC(=O)C(=O)NCCCON=O. The molecule has 0 atom stereocenters. The molecule has 68 valence electrons. The van der Waals surface area contributed by atoms with E-state index in [1.54, 1.807) is 0 Å². The van der Waals surface area contributed by atoms with Crippen LogP contribution in [0.5, 0.6) is 0 Å². The van der Waals surface area contributed by atoms with Crippen LogP contribution in [0.4, 0.5) is 0 Å². The highest BCUT2D eigenvalue weighted by molar-refractivity contribution is 6.35. The lowest BCUT2D eigenvalue weighted by Gasteiger charge is -1.99. The second kappa shape index (κ2) is 6.26. The largest absolute Gasteiger partial charge is 0.364 e. The van der Waals surface area contributed by atoms with Crippen molar-refractivity contribution in [2.24, 2.45) is 5.34 Å². The Hall–Kier alpha value is -1.46. The van der Waals surface area contributed by atoms with E-state index in [2.05, 4.69) is 15.5 Å². The van der Waals surface area contributed by atoms with Crippen molar-refractivity contribution in [3.8, 4) is 0 Å². The van der Waals surface area contributed by atoms with E-state index >= 15 is 0 Å². The maximum Gasteiger partial charge on any atom is 0.287 e. The molecule has 0 bridgehead atoms. The van der Waals surface area contributed by atoms with Gasteiger partial charge in [0.15, 0.2) is 5.34 Å². The molecule has 0 aliphatic rings. The molecule has 0 saturated carbocycles. The van der Waals surface area contributed by atoms with Crippen molar-refractivity contribution < 1.29 is 14.4 Å². The lowest BCUT2D eigenvalue weighted by Crippen LogP contribution is -2.30. The number of amides is 1. The van der Waals surface area contributed by atoms with Gasteiger partial charge in [0.25, 0.3) is 5.91 Å². The van der Waals surface area contributed by atoms with E-state index in [0.717, 1.165) is 0 Å². The minimum Gasteiger partial charge on any atom is -0.364 e. The van der Waals surface area contributed by atoms with Crippen LogP contribution in [0, 0.1) is 4.91 Å². The molecule has 0 radical (unpaired) electrons. The van der Waals surface area contributed by atoms with Crippen molar-refractivity contribution in [2.45, 2.75) is 13.3 Å². The minimum absolute atomic E-state index is 0.141. The maximum atomic E-state index is 10.6. The van der Waals surface area contributed by atoms with Gasteiger partial charge in [-0.05, 0) is 0 Å². The van der Waals surface area contributed by atoms with Gasteiger partial charge in [-0.3, -0.25) is 9.59 Å². The summed E-state index contributed by atoms with van der Waals surface area (Å²) in [6.07, 6.45) is 0.449. The minimum atomic E-state index is -0.630. The maximum absolute atomic E-state index is 10.6. The van der Waals surface area contributed by atoms with Gasteiger partial charge in [0.2, 0.25) is 5.78 Å². The number of carbonyl (C=O) groups is 2. The Labute approximate surface area is 69.2 Å². The van der Waals surface area contributed by atoms with Crippen LogP contribution in [0.25, 0.3) is 0 Å². The highest BCUT2D eigenvalue weighted by Gasteiger charge is 2.04. The fourth-order valence-electron chi connectivity index (χ4n) is 0.500. The van der Waals surface area contributed by atoms with Crippen LogP contribution in [0.2, 0.25) is 0 Å². The summed E-state index contributed by atoms with van der Waals surface area (Å²) in [4.78, 5) is 34.4. The zero-order chi connectivity index (χ0) is 9.40. The van der Waals surface area contributed by atoms with E-state index in [-0.39, 0.29) is 6.61 Å². The second-order valence-corrected chi connectivity index (χ2v) is 2.07. The summed E-state index contributed by atoms with van der Waals surface area (Å²) in [5, 5.41) is 4.49. The molecule has 0 aromatic carbocycles. The van der Waals surface area contributed by atoms with Crippen LogP contribution in [0.1, 0.15) is 13.3 Å². The zero-order valence-corrected chi connectivity index (χ0v) is 6.70. The number of nitrogens with one attached hydrogen (secondary N) is 1. The van der Waals surface area contributed by atoms with E-state index < -0.39 is 11.7 Å². The summed E-state index contributed by atoms with van der Waals surface area (Å²) in [7, 11) is 0. The second-order valence-electron chi connectivity index (χ2n) is 2.07. The first-order valence-corrected chi connectivity index (χ1v) is 3.42. The van der Waals surface area contributed by atoms with Gasteiger partial charge < -0.3 is 10.2 Å². The van der Waals surface area contributed by atoms with Crippen LogP contribution < -0.4 is 5.32 Å². The number of hydrogen-bond donors (Lipinski definition) is 1. The summed E-state index contributed by atoms with van der Waals surface area (Å²) in [5.74, 6) is -1.17. The average molecular weight is 174 g/mol. The molecule has 0 fully saturated rings. The highest BCUT2D eigenvalue weighted by atomic mass is 16.7. The van der Waals surface area contributed by atoms with Gasteiger partial charge in [-0.2, -0.15) is 0 Å². The molecule has 6 nitrogen and oxygen atoms in total. The predicted octanol–water partition coefficient (Wildman–Crippen LogP) is -0.220. The van der Waals surface area contributed by atoms with E-state index in [4.69, 9.17) is 0 Å². The third-order valence-electron chi connectivity index (χ3n) is 1.07. The normalized spacial score (nSPS) is 8.75. The van der Waals surface area contributed by atoms with Gasteiger partial charge in [-0.15, -0.1) is 4.91 Å². The topological polar surface area (TPSA) is 84.8 Å². The van der Waals surface area contributed by atoms with Gasteiger partial charge in [0, 0.05) is 19.9 Å². The summed E-state index contributed by atoms with van der Waals surface area (Å²) in [6.45, 7) is 1.62. The number of Topliss-reactive ketones (excluding diaryl/α,β-unsaturated/α-hetero) is 1. The Bertz CT molecular complexity index is 180. The summed E-state index contributed by atoms with van der Waals surface area (Å²) in [5.41, 5.74) is 0. The lowest BCUT2D eigenvalue weighted by molar-refractivity contribution is -0.136. The molecule has 0 heterocycles. The van der Waals surface area contributed by atoms with E-state index in [9.17, 15) is 14.5 Å². The Balaban J connectivity index is 3.25. The van der Waals surface area contributed by atoms with Crippen molar-refractivity contribution in [2.75, 3.05) is 13.2 Å². The third kappa shape index (κ3) is 5.33. The Morgan fingerprint density at radius 2 is 2.17 bits per heavy atom. The third-order valence-corrected chi connectivity index (χ3v) is 1.07. The lowest BCUT2D eigenvalue weighted by atomic mass is 10.4. The van der Waals surface area contributed by atoms with Gasteiger partial charge in [-0.1, -0.05) is 0 Å².